The fourth-order valence-electron chi connectivity index (χ4n) is 3.61. The zero-order chi connectivity index (χ0) is 18.1. The summed E-state index contributed by atoms with van der Waals surface area (Å²) in [6.07, 6.45) is 2.63. The molecule has 1 aliphatic heterocycles. The molecule has 0 amide bonds. The lowest BCUT2D eigenvalue weighted by molar-refractivity contribution is 0.141. The molecule has 24 heavy (non-hydrogen) atoms. The molecule has 0 spiro atoms. The maximum absolute atomic E-state index is 4.38. The molecule has 1 rings (SSSR count). The highest BCUT2D eigenvalue weighted by atomic mass is 15.2. The van der Waals surface area contributed by atoms with E-state index in [0.717, 1.165) is 31.5 Å². The van der Waals surface area contributed by atoms with Gasteiger partial charge in [0.2, 0.25) is 0 Å². The molecule has 1 unspecified atom stereocenters. The highest BCUT2D eigenvalue weighted by Gasteiger charge is 2.21. The lowest BCUT2D eigenvalue weighted by Gasteiger charge is -2.35. The summed E-state index contributed by atoms with van der Waals surface area (Å²) < 4.78 is 0. The van der Waals surface area contributed by atoms with Gasteiger partial charge < -0.3 is 15.5 Å². The second-order valence-electron chi connectivity index (χ2n) is 7.90. The van der Waals surface area contributed by atoms with Crippen molar-refractivity contribution < 1.29 is 0 Å². The Morgan fingerprint density at radius 3 is 2.33 bits per heavy atom. The average Bonchev–Trinajstić information content (AvgIpc) is 2.53. The summed E-state index contributed by atoms with van der Waals surface area (Å²) in [5.41, 5.74) is 0. The van der Waals surface area contributed by atoms with Gasteiger partial charge in [-0.25, -0.2) is 0 Å². The van der Waals surface area contributed by atoms with Crippen LogP contribution in [0.25, 0.3) is 0 Å². The van der Waals surface area contributed by atoms with Crippen molar-refractivity contribution in [3.8, 4) is 0 Å². The van der Waals surface area contributed by atoms with Crippen molar-refractivity contribution in [2.24, 2.45) is 10.9 Å². The number of hydrogen-bond donors (Lipinski definition) is 2. The molecule has 0 aromatic rings. The third-order valence-corrected chi connectivity index (χ3v) is 5.05. The van der Waals surface area contributed by atoms with Crippen LogP contribution in [-0.2, 0) is 0 Å². The smallest absolute Gasteiger partial charge is 0.191 e. The Kier molecular flexibility index (Phi) is 9.67. The van der Waals surface area contributed by atoms with Gasteiger partial charge in [0.05, 0.1) is 0 Å². The Balaban J connectivity index is 2.32. The standard InChI is InChI=1S/C19H41N5/c1-15(2)23-11-8-9-18(14-23)13-22-19(20-7)21-10-12-24(16(3)4)17(5)6/h15-18H,8-14H2,1-7H3,(H2,20,21,22). The van der Waals surface area contributed by atoms with Crippen molar-refractivity contribution >= 4 is 5.96 Å². The minimum Gasteiger partial charge on any atom is -0.356 e. The van der Waals surface area contributed by atoms with E-state index in [-0.39, 0.29) is 0 Å². The molecule has 1 saturated heterocycles. The molecule has 5 heteroatoms. The molecule has 1 aliphatic rings. The Morgan fingerprint density at radius 2 is 1.79 bits per heavy atom. The monoisotopic (exact) mass is 339 g/mol. The maximum Gasteiger partial charge on any atom is 0.191 e. The SMILES string of the molecule is CN=C(NCCN(C(C)C)C(C)C)NCC1CCCN(C(C)C)C1. The van der Waals surface area contributed by atoms with Crippen LogP contribution in [0.1, 0.15) is 54.4 Å². The van der Waals surface area contributed by atoms with Gasteiger partial charge in [-0.3, -0.25) is 9.89 Å². The van der Waals surface area contributed by atoms with Gasteiger partial charge in [-0.1, -0.05) is 0 Å². The molecule has 0 saturated carbocycles. The molecule has 0 aromatic carbocycles. The van der Waals surface area contributed by atoms with Crippen LogP contribution >= 0.6 is 0 Å². The molecule has 0 aromatic heterocycles. The third-order valence-electron chi connectivity index (χ3n) is 5.05. The summed E-state index contributed by atoms with van der Waals surface area (Å²) in [7, 11) is 1.86. The van der Waals surface area contributed by atoms with E-state index in [0.29, 0.717) is 18.1 Å². The number of aliphatic imine (C=N–C) groups is 1. The van der Waals surface area contributed by atoms with Crippen molar-refractivity contribution in [3.05, 3.63) is 0 Å². The summed E-state index contributed by atoms with van der Waals surface area (Å²) in [5.74, 6) is 1.66. The molecule has 0 bridgehead atoms. The quantitative estimate of drug-likeness (QED) is 0.526. The zero-order valence-electron chi connectivity index (χ0n) is 17.1. The van der Waals surface area contributed by atoms with Crippen LogP contribution in [0.5, 0.6) is 0 Å². The first-order valence-electron chi connectivity index (χ1n) is 9.79. The van der Waals surface area contributed by atoms with Gasteiger partial charge in [-0.05, 0) is 66.8 Å². The molecule has 142 valence electrons. The van der Waals surface area contributed by atoms with Crippen LogP contribution < -0.4 is 10.6 Å². The van der Waals surface area contributed by atoms with Crippen molar-refractivity contribution in [1.29, 1.82) is 0 Å². The van der Waals surface area contributed by atoms with Crippen LogP contribution in [0.3, 0.4) is 0 Å². The second kappa shape index (κ2) is 10.9. The molecule has 0 aliphatic carbocycles. The van der Waals surface area contributed by atoms with Gasteiger partial charge in [0.1, 0.15) is 0 Å². The number of nitrogens with one attached hydrogen (secondary N) is 2. The highest BCUT2D eigenvalue weighted by molar-refractivity contribution is 5.79. The van der Waals surface area contributed by atoms with Gasteiger partial charge in [0.15, 0.2) is 5.96 Å². The van der Waals surface area contributed by atoms with Crippen LogP contribution in [-0.4, -0.2) is 73.7 Å². The van der Waals surface area contributed by atoms with E-state index < -0.39 is 0 Å². The van der Waals surface area contributed by atoms with Gasteiger partial charge in [0.25, 0.3) is 0 Å². The van der Waals surface area contributed by atoms with Crippen LogP contribution in [0, 0.1) is 5.92 Å². The molecule has 2 N–H and O–H groups in total. The van der Waals surface area contributed by atoms with Crippen molar-refractivity contribution in [2.75, 3.05) is 39.8 Å². The fourth-order valence-corrected chi connectivity index (χ4v) is 3.61. The first-order valence-corrected chi connectivity index (χ1v) is 9.79. The number of likely N-dealkylation sites (tertiary alicyclic amines) is 1. The van der Waals surface area contributed by atoms with E-state index in [1.807, 2.05) is 7.05 Å². The van der Waals surface area contributed by atoms with Gasteiger partial charge in [-0.2, -0.15) is 0 Å². The third kappa shape index (κ3) is 7.39. The van der Waals surface area contributed by atoms with Crippen molar-refractivity contribution in [1.82, 2.24) is 20.4 Å². The zero-order valence-corrected chi connectivity index (χ0v) is 17.1. The Labute approximate surface area is 150 Å². The first-order chi connectivity index (χ1) is 11.3. The number of piperidine rings is 1. The first kappa shape index (κ1) is 21.2. The molecule has 5 nitrogen and oxygen atoms in total. The molecule has 1 atom stereocenters. The van der Waals surface area contributed by atoms with E-state index in [9.17, 15) is 0 Å². The Morgan fingerprint density at radius 1 is 1.12 bits per heavy atom. The number of guanidine groups is 1. The minimum atomic E-state index is 0.575. The largest absolute Gasteiger partial charge is 0.356 e. The summed E-state index contributed by atoms with van der Waals surface area (Å²) in [5, 5.41) is 6.99. The second-order valence-corrected chi connectivity index (χ2v) is 7.90. The molecular weight excluding hydrogens is 298 g/mol. The van der Waals surface area contributed by atoms with Crippen LogP contribution in [0.15, 0.2) is 4.99 Å². The van der Waals surface area contributed by atoms with Crippen LogP contribution in [0.2, 0.25) is 0 Å². The topological polar surface area (TPSA) is 42.9 Å². The Hall–Kier alpha value is -0.810. The van der Waals surface area contributed by atoms with Crippen molar-refractivity contribution in [3.63, 3.8) is 0 Å². The predicted octanol–water partition coefficient (Wildman–Crippen LogP) is 2.39. The molecular formula is C19H41N5. The summed E-state index contributed by atoms with van der Waals surface area (Å²) in [6, 6.07) is 1.81. The number of nitrogens with zero attached hydrogens (tertiary/aromatic N) is 3. The van der Waals surface area contributed by atoms with Gasteiger partial charge in [0, 0.05) is 51.4 Å². The highest BCUT2D eigenvalue weighted by Crippen LogP contribution is 2.17. The lowest BCUT2D eigenvalue weighted by atomic mass is 9.97. The fraction of sp³-hybridized carbons (Fsp3) is 0.947. The van der Waals surface area contributed by atoms with E-state index in [2.05, 4.69) is 67.0 Å². The maximum atomic E-state index is 4.38. The lowest BCUT2D eigenvalue weighted by Crippen LogP contribution is -2.48. The van der Waals surface area contributed by atoms with E-state index in [4.69, 9.17) is 0 Å². The minimum absolute atomic E-state index is 0.575. The molecule has 1 fully saturated rings. The van der Waals surface area contributed by atoms with Gasteiger partial charge >= 0.3 is 0 Å². The van der Waals surface area contributed by atoms with Gasteiger partial charge in [-0.15, -0.1) is 0 Å². The predicted molar refractivity (Wildman–Crippen MR) is 106 cm³/mol. The van der Waals surface area contributed by atoms with Crippen molar-refractivity contribution in [2.45, 2.75) is 72.5 Å². The Bertz CT molecular complexity index is 357. The van der Waals surface area contributed by atoms with Crippen LogP contribution in [0.4, 0.5) is 0 Å². The normalized spacial score (nSPS) is 20.5. The van der Waals surface area contributed by atoms with E-state index in [1.54, 1.807) is 0 Å². The summed E-state index contributed by atoms with van der Waals surface area (Å²) >= 11 is 0. The number of rotatable bonds is 8. The number of hydrogen-bond acceptors (Lipinski definition) is 3. The van der Waals surface area contributed by atoms with E-state index in [1.165, 1.54) is 25.9 Å². The molecule has 1 heterocycles. The summed E-state index contributed by atoms with van der Waals surface area (Å²) in [6.45, 7) is 19.1. The average molecular weight is 340 g/mol. The van der Waals surface area contributed by atoms with E-state index >= 15 is 0 Å². The molecule has 0 radical (unpaired) electrons. The summed E-state index contributed by atoms with van der Waals surface area (Å²) in [4.78, 5) is 9.47.